The molecule has 2 atom stereocenters. The van der Waals surface area contributed by atoms with Gasteiger partial charge in [0.1, 0.15) is 0 Å². The molecule has 2 aliphatic rings. The number of piperidine rings is 1. The maximum absolute atomic E-state index is 5.47. The SMILES string of the molecule is COc1cc(CNN2C(C)CCCC2C)cc2c1OCO2. The molecule has 0 radical (unpaired) electrons. The average molecular weight is 292 g/mol. The molecule has 2 heterocycles. The Kier molecular flexibility index (Phi) is 4.22. The van der Waals surface area contributed by atoms with Crippen LogP contribution in [0.3, 0.4) is 0 Å². The highest BCUT2D eigenvalue weighted by Crippen LogP contribution is 2.41. The molecule has 1 saturated heterocycles. The van der Waals surface area contributed by atoms with Crippen LogP contribution >= 0.6 is 0 Å². The molecule has 1 aromatic rings. The molecule has 1 fully saturated rings. The largest absolute Gasteiger partial charge is 0.493 e. The average Bonchev–Trinajstić information content (AvgIpc) is 2.94. The van der Waals surface area contributed by atoms with Gasteiger partial charge in [0.05, 0.1) is 7.11 Å². The van der Waals surface area contributed by atoms with Crippen LogP contribution in [0.4, 0.5) is 0 Å². The van der Waals surface area contributed by atoms with E-state index in [4.69, 9.17) is 14.2 Å². The summed E-state index contributed by atoms with van der Waals surface area (Å²) in [4.78, 5) is 0. The van der Waals surface area contributed by atoms with Crippen LogP contribution in [0.2, 0.25) is 0 Å². The summed E-state index contributed by atoms with van der Waals surface area (Å²) in [5, 5.41) is 2.38. The standard InChI is InChI=1S/C16H24N2O3/c1-11-5-4-6-12(2)18(11)17-9-13-7-14(19-3)16-15(8-13)20-10-21-16/h7-8,11-12,17H,4-6,9-10H2,1-3H3. The highest BCUT2D eigenvalue weighted by atomic mass is 16.7. The van der Waals surface area contributed by atoms with Crippen molar-refractivity contribution in [3.8, 4) is 17.2 Å². The van der Waals surface area contributed by atoms with Gasteiger partial charge >= 0.3 is 0 Å². The van der Waals surface area contributed by atoms with Crippen molar-refractivity contribution in [2.24, 2.45) is 0 Å². The van der Waals surface area contributed by atoms with Crippen molar-refractivity contribution in [1.82, 2.24) is 10.4 Å². The van der Waals surface area contributed by atoms with E-state index in [9.17, 15) is 0 Å². The van der Waals surface area contributed by atoms with E-state index >= 15 is 0 Å². The topological polar surface area (TPSA) is 43.0 Å². The van der Waals surface area contributed by atoms with Crippen LogP contribution in [0.1, 0.15) is 38.7 Å². The summed E-state index contributed by atoms with van der Waals surface area (Å²) in [7, 11) is 1.66. The lowest BCUT2D eigenvalue weighted by Gasteiger charge is -2.39. The lowest BCUT2D eigenvalue weighted by molar-refractivity contribution is 0.0435. The van der Waals surface area contributed by atoms with E-state index in [0.717, 1.165) is 23.6 Å². The number of hydrazine groups is 1. The summed E-state index contributed by atoms with van der Waals surface area (Å²) in [6, 6.07) is 5.19. The molecular formula is C16H24N2O3. The number of nitrogens with one attached hydrogen (secondary N) is 1. The van der Waals surface area contributed by atoms with Gasteiger partial charge in [-0.15, -0.1) is 0 Å². The summed E-state index contributed by atoms with van der Waals surface area (Å²) >= 11 is 0. The number of rotatable bonds is 4. The van der Waals surface area contributed by atoms with Crippen LogP contribution in [0.5, 0.6) is 17.2 Å². The van der Waals surface area contributed by atoms with Crippen LogP contribution in [0.25, 0.3) is 0 Å². The zero-order valence-electron chi connectivity index (χ0n) is 13.0. The fourth-order valence-electron chi connectivity index (χ4n) is 3.20. The van der Waals surface area contributed by atoms with Gasteiger partial charge in [0.2, 0.25) is 12.5 Å². The van der Waals surface area contributed by atoms with Crippen LogP contribution in [0.15, 0.2) is 12.1 Å². The lowest BCUT2D eigenvalue weighted by atomic mass is 10.00. The molecule has 21 heavy (non-hydrogen) atoms. The third-order valence-corrected chi connectivity index (χ3v) is 4.38. The third-order valence-electron chi connectivity index (χ3n) is 4.38. The van der Waals surface area contributed by atoms with E-state index in [1.54, 1.807) is 7.11 Å². The highest BCUT2D eigenvalue weighted by Gasteiger charge is 2.25. The summed E-state index contributed by atoms with van der Waals surface area (Å²) < 4.78 is 16.3. The summed E-state index contributed by atoms with van der Waals surface area (Å²) in [6.45, 7) is 5.59. The zero-order chi connectivity index (χ0) is 14.8. The maximum atomic E-state index is 5.47. The van der Waals surface area contributed by atoms with Crippen molar-refractivity contribution in [2.75, 3.05) is 13.9 Å². The molecule has 1 aromatic carbocycles. The van der Waals surface area contributed by atoms with Gasteiger partial charge in [0.15, 0.2) is 11.5 Å². The van der Waals surface area contributed by atoms with Crippen LogP contribution < -0.4 is 19.6 Å². The number of ether oxygens (including phenoxy) is 3. The van der Waals surface area contributed by atoms with E-state index in [0.29, 0.717) is 17.8 Å². The zero-order valence-corrected chi connectivity index (χ0v) is 13.0. The Morgan fingerprint density at radius 3 is 2.71 bits per heavy atom. The van der Waals surface area contributed by atoms with Crippen molar-refractivity contribution in [3.05, 3.63) is 17.7 Å². The van der Waals surface area contributed by atoms with E-state index in [1.165, 1.54) is 19.3 Å². The fourth-order valence-corrected chi connectivity index (χ4v) is 3.20. The number of hydrogen-bond donors (Lipinski definition) is 1. The lowest BCUT2D eigenvalue weighted by Crippen LogP contribution is -2.51. The first-order valence-corrected chi connectivity index (χ1v) is 7.67. The molecule has 116 valence electrons. The van der Waals surface area contributed by atoms with Gasteiger partial charge in [-0.1, -0.05) is 6.42 Å². The minimum Gasteiger partial charge on any atom is -0.493 e. The van der Waals surface area contributed by atoms with Crippen molar-refractivity contribution < 1.29 is 14.2 Å². The molecular weight excluding hydrogens is 268 g/mol. The van der Waals surface area contributed by atoms with Gasteiger partial charge in [-0.2, -0.15) is 0 Å². The van der Waals surface area contributed by atoms with E-state index < -0.39 is 0 Å². The molecule has 2 unspecified atom stereocenters. The van der Waals surface area contributed by atoms with Crippen LogP contribution in [0, 0.1) is 0 Å². The third kappa shape index (κ3) is 2.94. The minimum atomic E-state index is 0.267. The smallest absolute Gasteiger partial charge is 0.231 e. The number of hydrogen-bond acceptors (Lipinski definition) is 5. The van der Waals surface area contributed by atoms with Gasteiger partial charge in [0, 0.05) is 18.6 Å². The first kappa shape index (κ1) is 14.5. The van der Waals surface area contributed by atoms with E-state index in [-0.39, 0.29) is 6.79 Å². The number of nitrogens with zero attached hydrogens (tertiary/aromatic N) is 1. The van der Waals surface area contributed by atoms with E-state index in [1.807, 2.05) is 12.1 Å². The Bertz CT molecular complexity index is 497. The summed E-state index contributed by atoms with van der Waals surface area (Å²) in [5.41, 5.74) is 4.70. The van der Waals surface area contributed by atoms with Crippen molar-refractivity contribution >= 4 is 0 Å². The van der Waals surface area contributed by atoms with Crippen molar-refractivity contribution in [3.63, 3.8) is 0 Å². The Morgan fingerprint density at radius 1 is 1.24 bits per heavy atom. The van der Waals surface area contributed by atoms with Gasteiger partial charge in [-0.3, -0.25) is 5.43 Å². The Hall–Kier alpha value is -1.46. The first-order valence-electron chi connectivity index (χ1n) is 7.67. The number of benzene rings is 1. The van der Waals surface area contributed by atoms with Crippen molar-refractivity contribution in [2.45, 2.75) is 51.7 Å². The Balaban J connectivity index is 1.70. The minimum absolute atomic E-state index is 0.267. The highest BCUT2D eigenvalue weighted by molar-refractivity contribution is 5.55. The molecule has 5 nitrogen and oxygen atoms in total. The predicted molar refractivity (Wildman–Crippen MR) is 80.6 cm³/mol. The van der Waals surface area contributed by atoms with Crippen LogP contribution in [-0.2, 0) is 6.54 Å². The maximum Gasteiger partial charge on any atom is 0.231 e. The van der Waals surface area contributed by atoms with Gasteiger partial charge in [0.25, 0.3) is 0 Å². The van der Waals surface area contributed by atoms with E-state index in [2.05, 4.69) is 24.3 Å². The molecule has 2 aliphatic heterocycles. The molecule has 1 N–H and O–H groups in total. The molecule has 0 bridgehead atoms. The Labute approximate surface area is 126 Å². The quantitative estimate of drug-likeness (QED) is 0.924. The second-order valence-electron chi connectivity index (χ2n) is 5.90. The second-order valence-corrected chi connectivity index (χ2v) is 5.90. The van der Waals surface area contributed by atoms with Gasteiger partial charge < -0.3 is 14.2 Å². The molecule has 3 rings (SSSR count). The molecule has 0 aromatic heterocycles. The number of fused-ring (bicyclic) bond motifs is 1. The van der Waals surface area contributed by atoms with Gasteiger partial charge in [-0.25, -0.2) is 5.01 Å². The molecule has 0 spiro atoms. The normalized spacial score (nSPS) is 25.1. The first-order chi connectivity index (χ1) is 10.2. The molecule has 0 amide bonds. The fraction of sp³-hybridized carbons (Fsp3) is 0.625. The Morgan fingerprint density at radius 2 is 2.00 bits per heavy atom. The van der Waals surface area contributed by atoms with Crippen molar-refractivity contribution in [1.29, 1.82) is 0 Å². The van der Waals surface area contributed by atoms with Crippen LogP contribution in [-0.4, -0.2) is 31.0 Å². The van der Waals surface area contributed by atoms with Gasteiger partial charge in [-0.05, 0) is 44.4 Å². The second kappa shape index (κ2) is 6.12. The summed E-state index contributed by atoms with van der Waals surface area (Å²) in [6.07, 6.45) is 3.82. The predicted octanol–water partition coefficient (Wildman–Crippen LogP) is 2.69. The monoisotopic (exact) mass is 292 g/mol. The molecule has 0 saturated carbocycles. The molecule has 0 aliphatic carbocycles. The number of methoxy groups -OCH3 is 1. The molecule has 5 heteroatoms. The summed E-state index contributed by atoms with van der Waals surface area (Å²) in [5.74, 6) is 2.22.